The van der Waals surface area contributed by atoms with E-state index in [-0.39, 0.29) is 16.9 Å². The predicted octanol–water partition coefficient (Wildman–Crippen LogP) is 3.03. The van der Waals surface area contributed by atoms with Crippen LogP contribution in [0.5, 0.6) is 11.5 Å². The van der Waals surface area contributed by atoms with Crippen LogP contribution in [0.2, 0.25) is 0 Å². The standard InChI is InChI=1S/C17H18N2O3S/c1-12(23-14-6-4-3-5-7-14)17(21)19-18-11-13-8-9-15(20)16(10-13)22-2/h3-12,20H,1-2H3,(H,19,21). The summed E-state index contributed by atoms with van der Waals surface area (Å²) in [5, 5.41) is 13.2. The molecular formula is C17H18N2O3S. The lowest BCUT2D eigenvalue weighted by molar-refractivity contribution is -0.120. The Hall–Kier alpha value is -2.47. The number of hydrogen-bond donors (Lipinski definition) is 2. The third kappa shape index (κ3) is 5.03. The average Bonchev–Trinajstić information content (AvgIpc) is 2.57. The Balaban J connectivity index is 1.90. The summed E-state index contributed by atoms with van der Waals surface area (Å²) in [6.07, 6.45) is 1.50. The van der Waals surface area contributed by atoms with Gasteiger partial charge >= 0.3 is 0 Å². The lowest BCUT2D eigenvalue weighted by atomic mass is 10.2. The van der Waals surface area contributed by atoms with E-state index in [4.69, 9.17) is 4.74 Å². The molecule has 0 fully saturated rings. The Labute approximate surface area is 139 Å². The molecule has 2 aromatic rings. The van der Waals surface area contributed by atoms with E-state index in [2.05, 4.69) is 10.5 Å². The number of nitrogens with zero attached hydrogens (tertiary/aromatic N) is 1. The molecule has 0 saturated heterocycles. The van der Waals surface area contributed by atoms with Gasteiger partial charge in [-0.05, 0) is 42.8 Å². The highest BCUT2D eigenvalue weighted by atomic mass is 32.2. The van der Waals surface area contributed by atoms with Gasteiger partial charge < -0.3 is 9.84 Å². The van der Waals surface area contributed by atoms with Crippen molar-refractivity contribution in [3.8, 4) is 11.5 Å². The maximum absolute atomic E-state index is 12.0. The van der Waals surface area contributed by atoms with Crippen LogP contribution in [0.1, 0.15) is 12.5 Å². The quantitative estimate of drug-likeness (QED) is 0.485. The Morgan fingerprint density at radius 1 is 1.30 bits per heavy atom. The molecule has 0 spiro atoms. The highest BCUT2D eigenvalue weighted by Gasteiger charge is 2.13. The zero-order valence-corrected chi connectivity index (χ0v) is 13.7. The summed E-state index contributed by atoms with van der Waals surface area (Å²) in [5.41, 5.74) is 3.22. The summed E-state index contributed by atoms with van der Waals surface area (Å²) in [6, 6.07) is 14.5. The fourth-order valence-electron chi connectivity index (χ4n) is 1.79. The van der Waals surface area contributed by atoms with Crippen LogP contribution >= 0.6 is 11.8 Å². The molecule has 0 aliphatic heterocycles. The number of benzene rings is 2. The number of aromatic hydroxyl groups is 1. The molecule has 2 aromatic carbocycles. The minimum absolute atomic E-state index is 0.0570. The Morgan fingerprint density at radius 2 is 2.04 bits per heavy atom. The Kier molecular flexibility index (Phi) is 6.05. The van der Waals surface area contributed by atoms with E-state index in [1.54, 1.807) is 12.1 Å². The molecule has 0 radical (unpaired) electrons. The van der Waals surface area contributed by atoms with E-state index in [0.29, 0.717) is 11.3 Å². The predicted molar refractivity (Wildman–Crippen MR) is 92.2 cm³/mol. The molecule has 5 nitrogen and oxygen atoms in total. The van der Waals surface area contributed by atoms with Gasteiger partial charge in [-0.2, -0.15) is 5.10 Å². The molecule has 0 saturated carbocycles. The minimum Gasteiger partial charge on any atom is -0.504 e. The zero-order chi connectivity index (χ0) is 16.7. The van der Waals surface area contributed by atoms with Crippen LogP contribution in [-0.2, 0) is 4.79 Å². The second-order valence-electron chi connectivity index (χ2n) is 4.74. The first kappa shape index (κ1) is 16.9. The fraction of sp³-hybridized carbons (Fsp3) is 0.176. The van der Waals surface area contributed by atoms with Crippen molar-refractivity contribution in [3.63, 3.8) is 0 Å². The smallest absolute Gasteiger partial charge is 0.253 e. The highest BCUT2D eigenvalue weighted by Crippen LogP contribution is 2.25. The van der Waals surface area contributed by atoms with Gasteiger partial charge in [-0.1, -0.05) is 18.2 Å². The van der Waals surface area contributed by atoms with Crippen LogP contribution in [0.4, 0.5) is 0 Å². The largest absolute Gasteiger partial charge is 0.504 e. The molecule has 6 heteroatoms. The number of hydrazone groups is 1. The van der Waals surface area contributed by atoms with Crippen LogP contribution in [0, 0.1) is 0 Å². The maximum Gasteiger partial charge on any atom is 0.253 e. The number of methoxy groups -OCH3 is 1. The first-order valence-electron chi connectivity index (χ1n) is 7.02. The molecule has 0 aliphatic carbocycles. The average molecular weight is 330 g/mol. The minimum atomic E-state index is -0.260. The van der Waals surface area contributed by atoms with Crippen molar-refractivity contribution >= 4 is 23.9 Å². The summed E-state index contributed by atoms with van der Waals surface area (Å²) in [5.74, 6) is 0.232. The third-order valence-electron chi connectivity index (χ3n) is 3.02. The number of phenols is 1. The molecule has 23 heavy (non-hydrogen) atoms. The van der Waals surface area contributed by atoms with E-state index in [1.807, 2.05) is 37.3 Å². The zero-order valence-electron chi connectivity index (χ0n) is 12.9. The van der Waals surface area contributed by atoms with E-state index in [9.17, 15) is 9.90 Å². The topological polar surface area (TPSA) is 70.9 Å². The van der Waals surface area contributed by atoms with Crippen LogP contribution in [0.15, 0.2) is 58.5 Å². The first-order valence-corrected chi connectivity index (χ1v) is 7.89. The molecule has 1 atom stereocenters. The Morgan fingerprint density at radius 3 is 2.74 bits per heavy atom. The number of hydrogen-bond acceptors (Lipinski definition) is 5. The maximum atomic E-state index is 12.0. The SMILES string of the molecule is COc1cc(C=NNC(=O)C(C)Sc2ccccc2)ccc1O. The van der Waals surface area contributed by atoms with Gasteiger partial charge in [0.1, 0.15) is 0 Å². The Bertz CT molecular complexity index is 689. The number of rotatable bonds is 6. The van der Waals surface area contributed by atoms with E-state index in [0.717, 1.165) is 4.90 Å². The molecule has 1 unspecified atom stereocenters. The highest BCUT2D eigenvalue weighted by molar-refractivity contribution is 8.00. The molecule has 0 bridgehead atoms. The van der Waals surface area contributed by atoms with Crippen LogP contribution < -0.4 is 10.2 Å². The van der Waals surface area contributed by atoms with Gasteiger partial charge in [-0.25, -0.2) is 5.43 Å². The van der Waals surface area contributed by atoms with Crippen LogP contribution in [-0.4, -0.2) is 29.6 Å². The van der Waals surface area contributed by atoms with Crippen LogP contribution in [0.3, 0.4) is 0 Å². The monoisotopic (exact) mass is 330 g/mol. The second-order valence-corrected chi connectivity index (χ2v) is 6.15. The number of thioether (sulfide) groups is 1. The summed E-state index contributed by atoms with van der Waals surface area (Å²) in [7, 11) is 1.47. The molecular weight excluding hydrogens is 312 g/mol. The molecule has 120 valence electrons. The normalized spacial score (nSPS) is 12.1. The van der Waals surface area contributed by atoms with Crippen molar-refractivity contribution in [1.82, 2.24) is 5.43 Å². The summed E-state index contributed by atoms with van der Waals surface area (Å²) in [4.78, 5) is 13.0. The summed E-state index contributed by atoms with van der Waals surface area (Å²) >= 11 is 1.47. The van der Waals surface area contributed by atoms with Gasteiger partial charge in [0.2, 0.25) is 0 Å². The van der Waals surface area contributed by atoms with Crippen molar-refractivity contribution in [3.05, 3.63) is 54.1 Å². The van der Waals surface area contributed by atoms with Gasteiger partial charge in [-0.3, -0.25) is 4.79 Å². The van der Waals surface area contributed by atoms with E-state index in [1.165, 1.54) is 31.2 Å². The number of carbonyl (C=O) groups is 1. The molecule has 2 N–H and O–H groups in total. The lowest BCUT2D eigenvalue weighted by Crippen LogP contribution is -2.26. The summed E-state index contributed by atoms with van der Waals surface area (Å²) in [6.45, 7) is 1.83. The van der Waals surface area contributed by atoms with E-state index >= 15 is 0 Å². The van der Waals surface area contributed by atoms with Crippen LogP contribution in [0.25, 0.3) is 0 Å². The molecule has 2 rings (SSSR count). The third-order valence-corrected chi connectivity index (χ3v) is 4.13. The molecule has 0 heterocycles. The summed E-state index contributed by atoms with van der Waals surface area (Å²) < 4.78 is 5.02. The number of amides is 1. The van der Waals surface area contributed by atoms with Gasteiger partial charge in [0.15, 0.2) is 11.5 Å². The van der Waals surface area contributed by atoms with E-state index < -0.39 is 0 Å². The van der Waals surface area contributed by atoms with Crippen molar-refractivity contribution < 1.29 is 14.6 Å². The number of nitrogens with one attached hydrogen (secondary N) is 1. The van der Waals surface area contributed by atoms with Crippen molar-refractivity contribution in [2.75, 3.05) is 7.11 Å². The number of carbonyl (C=O) groups excluding carboxylic acids is 1. The fourth-order valence-corrected chi connectivity index (χ4v) is 2.67. The van der Waals surface area contributed by atoms with Crippen molar-refractivity contribution in [1.29, 1.82) is 0 Å². The van der Waals surface area contributed by atoms with Crippen molar-refractivity contribution in [2.24, 2.45) is 5.10 Å². The first-order chi connectivity index (χ1) is 11.1. The van der Waals surface area contributed by atoms with Gasteiger partial charge in [0.05, 0.1) is 18.6 Å². The number of ether oxygens (including phenoxy) is 1. The second kappa shape index (κ2) is 8.24. The molecule has 0 aromatic heterocycles. The molecule has 0 aliphatic rings. The van der Waals surface area contributed by atoms with Gasteiger partial charge in [-0.15, -0.1) is 11.8 Å². The number of phenolic OH excluding ortho intramolecular Hbond substituents is 1. The van der Waals surface area contributed by atoms with Crippen molar-refractivity contribution in [2.45, 2.75) is 17.1 Å². The lowest BCUT2D eigenvalue weighted by Gasteiger charge is -2.09. The molecule has 1 amide bonds. The van der Waals surface area contributed by atoms with Gasteiger partial charge in [0.25, 0.3) is 5.91 Å². The van der Waals surface area contributed by atoms with Gasteiger partial charge in [0, 0.05) is 4.90 Å².